The van der Waals surface area contributed by atoms with Gasteiger partial charge in [0.1, 0.15) is 28.9 Å². The first-order chi connectivity index (χ1) is 9.72. The van der Waals surface area contributed by atoms with Crippen LogP contribution in [-0.2, 0) is 18.0 Å². The van der Waals surface area contributed by atoms with E-state index in [4.69, 9.17) is 9.26 Å². The summed E-state index contributed by atoms with van der Waals surface area (Å²) >= 11 is 6.20. The third-order valence-corrected chi connectivity index (χ3v) is 4.57. The average Bonchev–Trinajstić information content (AvgIpc) is 3.11. The summed E-state index contributed by atoms with van der Waals surface area (Å²) in [5.74, 6) is 0.852. The molecule has 0 N–H and O–H groups in total. The summed E-state index contributed by atoms with van der Waals surface area (Å²) in [4.78, 5) is 4.23. The van der Waals surface area contributed by atoms with Gasteiger partial charge in [-0.05, 0) is 34.4 Å². The van der Waals surface area contributed by atoms with Crippen LogP contribution in [0.2, 0.25) is 0 Å². The largest absolute Gasteiger partial charge is 0.364 e. The monoisotopic (exact) mass is 373 g/mol. The Balaban J connectivity index is 1.59. The third-order valence-electron chi connectivity index (χ3n) is 2.23. The maximum absolute atomic E-state index is 5.46. The molecule has 0 spiro atoms. The summed E-state index contributed by atoms with van der Waals surface area (Å²) in [5.41, 5.74) is 0.671. The minimum atomic E-state index is 0.230. The lowest BCUT2D eigenvalue weighted by molar-refractivity contribution is 0.0845. The molecule has 3 heterocycles. The van der Waals surface area contributed by atoms with Gasteiger partial charge in [-0.25, -0.2) is 0 Å². The Hall–Kier alpha value is -1.23. The van der Waals surface area contributed by atoms with Crippen molar-refractivity contribution in [2.75, 3.05) is 0 Å². The molecular weight excluding hydrogens is 366 g/mol. The van der Waals surface area contributed by atoms with Crippen LogP contribution in [0.25, 0.3) is 11.5 Å². The molecule has 3 rings (SSSR count). The zero-order valence-electron chi connectivity index (χ0n) is 10.2. The van der Waals surface area contributed by atoms with Crippen LogP contribution in [0.15, 0.2) is 14.4 Å². The van der Waals surface area contributed by atoms with Crippen LogP contribution >= 0.6 is 38.8 Å². The third kappa shape index (κ3) is 3.08. The highest BCUT2D eigenvalue weighted by molar-refractivity contribution is 9.10. The van der Waals surface area contributed by atoms with Gasteiger partial charge in [-0.1, -0.05) is 16.5 Å². The van der Waals surface area contributed by atoms with E-state index in [0.717, 1.165) is 14.5 Å². The van der Waals surface area contributed by atoms with E-state index in [9.17, 15) is 0 Å². The smallest absolute Gasteiger partial charge is 0.253 e. The molecular formula is C10H8BrN5O2S2. The molecule has 0 bridgehead atoms. The Morgan fingerprint density at radius 2 is 2.25 bits per heavy atom. The Morgan fingerprint density at radius 1 is 1.35 bits per heavy atom. The molecule has 10 heteroatoms. The molecule has 0 aromatic carbocycles. The average molecular weight is 374 g/mol. The van der Waals surface area contributed by atoms with Crippen LogP contribution < -0.4 is 0 Å². The molecule has 0 aliphatic carbocycles. The van der Waals surface area contributed by atoms with E-state index in [1.54, 1.807) is 0 Å². The summed E-state index contributed by atoms with van der Waals surface area (Å²) in [6.45, 7) is 2.51. The summed E-state index contributed by atoms with van der Waals surface area (Å²) in [7, 11) is 0. The standard InChI is InChI=1S/C10H8BrN5O2S2/c1-5-13-14-8(20-5)3-17-2-7-12-10(15-18-7)9-6(11)4-19-16-9/h4H,2-3H2,1H3. The number of aromatic nitrogens is 5. The fourth-order valence-electron chi connectivity index (χ4n) is 1.40. The second-order valence-corrected chi connectivity index (χ2v) is 6.48. The highest BCUT2D eigenvalue weighted by Gasteiger charge is 2.14. The molecule has 20 heavy (non-hydrogen) atoms. The molecule has 0 unspecified atom stereocenters. The molecule has 104 valence electrons. The van der Waals surface area contributed by atoms with Crippen molar-refractivity contribution in [3.63, 3.8) is 0 Å². The van der Waals surface area contributed by atoms with Gasteiger partial charge in [0.05, 0.1) is 4.47 Å². The Kier molecular flexibility index (Phi) is 4.15. The zero-order chi connectivity index (χ0) is 13.9. The fourth-order valence-corrected chi connectivity index (χ4v) is 3.23. The molecule has 0 saturated heterocycles. The number of ether oxygens (including phenoxy) is 1. The second-order valence-electron chi connectivity index (χ2n) is 3.73. The van der Waals surface area contributed by atoms with Gasteiger partial charge in [0.2, 0.25) is 5.82 Å². The summed E-state index contributed by atoms with van der Waals surface area (Å²) in [6.07, 6.45) is 0. The molecule has 0 aliphatic rings. The molecule has 0 radical (unpaired) electrons. The van der Waals surface area contributed by atoms with Crippen molar-refractivity contribution in [3.8, 4) is 11.5 Å². The Labute approximate surface area is 130 Å². The van der Waals surface area contributed by atoms with Gasteiger partial charge in [0.25, 0.3) is 5.89 Å². The maximum atomic E-state index is 5.46. The van der Waals surface area contributed by atoms with Crippen molar-refractivity contribution < 1.29 is 9.26 Å². The predicted octanol–water partition coefficient (Wildman–Crippen LogP) is 2.83. The van der Waals surface area contributed by atoms with Crippen LogP contribution in [0.3, 0.4) is 0 Å². The minimum Gasteiger partial charge on any atom is -0.364 e. The molecule has 7 nitrogen and oxygen atoms in total. The van der Waals surface area contributed by atoms with E-state index in [0.29, 0.717) is 24.0 Å². The molecule has 0 amide bonds. The lowest BCUT2D eigenvalue weighted by Crippen LogP contribution is -1.94. The van der Waals surface area contributed by atoms with Gasteiger partial charge in [-0.3, -0.25) is 0 Å². The Bertz CT molecular complexity index is 710. The molecule has 0 saturated carbocycles. The molecule has 0 fully saturated rings. The summed E-state index contributed by atoms with van der Waals surface area (Å²) < 4.78 is 15.6. The number of hydrogen-bond acceptors (Lipinski definition) is 9. The maximum Gasteiger partial charge on any atom is 0.253 e. The number of halogens is 1. The van der Waals surface area contributed by atoms with Gasteiger partial charge in [-0.2, -0.15) is 9.36 Å². The SMILES string of the molecule is Cc1nnc(COCc2nc(-c3nscc3Br)no2)s1. The Morgan fingerprint density at radius 3 is 2.95 bits per heavy atom. The van der Waals surface area contributed by atoms with Crippen molar-refractivity contribution in [2.24, 2.45) is 0 Å². The van der Waals surface area contributed by atoms with Crippen LogP contribution in [0.1, 0.15) is 15.9 Å². The van der Waals surface area contributed by atoms with Crippen molar-refractivity contribution in [1.82, 2.24) is 24.7 Å². The highest BCUT2D eigenvalue weighted by atomic mass is 79.9. The van der Waals surface area contributed by atoms with Gasteiger partial charge in [-0.15, -0.1) is 10.2 Å². The van der Waals surface area contributed by atoms with E-state index in [1.165, 1.54) is 22.9 Å². The van der Waals surface area contributed by atoms with Gasteiger partial charge >= 0.3 is 0 Å². The predicted molar refractivity (Wildman–Crippen MR) is 76.2 cm³/mol. The highest BCUT2D eigenvalue weighted by Crippen LogP contribution is 2.26. The van der Waals surface area contributed by atoms with Gasteiger partial charge < -0.3 is 9.26 Å². The molecule has 3 aromatic rings. The normalized spacial score (nSPS) is 11.1. The van der Waals surface area contributed by atoms with Gasteiger partial charge in [0.15, 0.2) is 0 Å². The molecule has 0 aliphatic heterocycles. The van der Waals surface area contributed by atoms with E-state index in [1.807, 2.05) is 12.3 Å². The topological polar surface area (TPSA) is 86.8 Å². The summed E-state index contributed by atoms with van der Waals surface area (Å²) in [6, 6.07) is 0. The van der Waals surface area contributed by atoms with Crippen LogP contribution in [0, 0.1) is 6.92 Å². The van der Waals surface area contributed by atoms with E-state index < -0.39 is 0 Å². The van der Waals surface area contributed by atoms with Crippen molar-refractivity contribution in [3.05, 3.63) is 25.8 Å². The van der Waals surface area contributed by atoms with Crippen molar-refractivity contribution in [2.45, 2.75) is 20.1 Å². The first-order valence-electron chi connectivity index (χ1n) is 5.52. The quantitative estimate of drug-likeness (QED) is 0.679. The fraction of sp³-hybridized carbons (Fsp3) is 0.300. The summed E-state index contributed by atoms with van der Waals surface area (Å²) in [5, 5.41) is 15.4. The molecule has 3 aromatic heterocycles. The van der Waals surface area contributed by atoms with E-state index in [-0.39, 0.29) is 6.61 Å². The van der Waals surface area contributed by atoms with Crippen molar-refractivity contribution >= 4 is 38.8 Å². The lowest BCUT2D eigenvalue weighted by atomic mass is 10.4. The lowest BCUT2D eigenvalue weighted by Gasteiger charge is -1.95. The first kappa shape index (κ1) is 13.7. The number of aryl methyl sites for hydroxylation is 1. The van der Waals surface area contributed by atoms with Crippen LogP contribution in [-0.4, -0.2) is 24.7 Å². The van der Waals surface area contributed by atoms with Crippen molar-refractivity contribution in [1.29, 1.82) is 0 Å². The van der Waals surface area contributed by atoms with Gasteiger partial charge in [0, 0.05) is 5.38 Å². The van der Waals surface area contributed by atoms with Crippen LogP contribution in [0.4, 0.5) is 0 Å². The van der Waals surface area contributed by atoms with E-state index in [2.05, 4.69) is 40.6 Å². The molecule has 0 atom stereocenters. The first-order valence-corrected chi connectivity index (χ1v) is 7.96. The zero-order valence-corrected chi connectivity index (χ0v) is 13.5. The minimum absolute atomic E-state index is 0.230. The second kappa shape index (κ2) is 6.04. The number of hydrogen-bond donors (Lipinski definition) is 0. The van der Waals surface area contributed by atoms with Crippen LogP contribution in [0.5, 0.6) is 0 Å². The number of rotatable bonds is 5. The van der Waals surface area contributed by atoms with E-state index >= 15 is 0 Å². The number of nitrogens with zero attached hydrogens (tertiary/aromatic N) is 5.